The van der Waals surface area contributed by atoms with Crippen LogP contribution in [0.15, 0.2) is 126 Å². The molecule has 0 unspecified atom stereocenters. The first-order valence-corrected chi connectivity index (χ1v) is 22.5. The standard InChI is InChI=1S/C24H26F4O.C15H23BO2.C9H5BrF4O.CH2O3.2K.2H/c1-2-3-17-4-6-18(7-5-17)19-8-10-20(11-9-19)21-12-14-22(15-13-21)29-24(27,28)16-23(25)26;1-2-3-12-4-6-13(7-5-12)14-8-10-15(11-9-14)16(17)18;10-6-1-3-7(4-2-6)15-9(13,14)5-8(11)12;2-1-4-3;;;;/h8-18H,2-7H2,1H3;8-13,17-18H,2-7H2,1H3;1-5H;1,3H;;;;/q;;;;2*+1;2*-1/p-1/i;;;;;;1+2;. The van der Waals surface area contributed by atoms with Crippen molar-refractivity contribution in [2.75, 3.05) is 0 Å². The first-order chi connectivity index (χ1) is 31.4. The Balaban J connectivity index is 0. The molecule has 0 radical (unpaired) electrons. The van der Waals surface area contributed by atoms with E-state index < -0.39 is 43.6 Å². The number of halogens is 9. The number of hydrogen-bond donors (Lipinski definition) is 2. The predicted molar refractivity (Wildman–Crippen MR) is 243 cm³/mol. The summed E-state index contributed by atoms with van der Waals surface area (Å²) < 4.78 is 108. The number of rotatable bonds is 15. The van der Waals surface area contributed by atoms with Gasteiger partial charge in [-0.3, -0.25) is 4.79 Å². The molecule has 6 rings (SSSR count). The average molecular weight is 1080 g/mol. The Labute approximate surface area is 490 Å². The van der Waals surface area contributed by atoms with E-state index in [1.54, 1.807) is 12.1 Å². The van der Waals surface area contributed by atoms with Crippen LogP contribution in [0.4, 0.5) is 35.1 Å². The summed E-state index contributed by atoms with van der Waals surface area (Å²) in [5.74, 6) is 2.73. The van der Waals surface area contributed by atoms with Crippen molar-refractivity contribution in [3.63, 3.8) is 0 Å². The molecule has 68 heavy (non-hydrogen) atoms. The monoisotopic (exact) mass is 1080 g/mol. The maximum Gasteiger partial charge on any atom is 1.00 e. The third-order valence-corrected chi connectivity index (χ3v) is 11.8. The average Bonchev–Trinajstić information content (AvgIpc) is 3.28. The summed E-state index contributed by atoms with van der Waals surface area (Å²) in [6.45, 7) is 4.33. The molecule has 4 aromatic rings. The second kappa shape index (κ2) is 34.1. The van der Waals surface area contributed by atoms with E-state index in [0.29, 0.717) is 21.8 Å². The normalized spacial score (nSPS) is 17.4. The van der Waals surface area contributed by atoms with Gasteiger partial charge in [0, 0.05) is 4.47 Å². The zero-order chi connectivity index (χ0) is 48.7. The van der Waals surface area contributed by atoms with E-state index in [9.17, 15) is 35.1 Å². The number of carbonyl (C=O) groups is 1. The predicted octanol–water partition coefficient (Wildman–Crippen LogP) is 7.49. The Kier molecular flexibility index (Phi) is 32.4. The summed E-state index contributed by atoms with van der Waals surface area (Å²) >= 11 is 3.09. The fourth-order valence-electron chi connectivity index (χ4n) is 8.12. The number of ether oxygens (including phenoxy) is 2. The van der Waals surface area contributed by atoms with Crippen LogP contribution in [0.3, 0.4) is 0 Å². The van der Waals surface area contributed by atoms with Gasteiger partial charge in [0.1, 0.15) is 11.5 Å². The van der Waals surface area contributed by atoms with Crippen LogP contribution in [0.5, 0.6) is 11.5 Å². The Morgan fingerprint density at radius 2 is 0.971 bits per heavy atom. The molecule has 19 heteroatoms. The van der Waals surface area contributed by atoms with Gasteiger partial charge in [-0.2, -0.15) is 35.1 Å². The molecule has 0 amide bonds. The van der Waals surface area contributed by atoms with Crippen LogP contribution in [-0.2, 0) is 9.68 Å². The van der Waals surface area contributed by atoms with Gasteiger partial charge in [0.25, 0.3) is 18.6 Å². The van der Waals surface area contributed by atoms with Crippen LogP contribution in [0, 0.1) is 11.8 Å². The fraction of sp³-hybridized carbons (Fsp3) is 0.408. The van der Waals surface area contributed by atoms with E-state index in [1.165, 1.54) is 125 Å². The zero-order valence-electron chi connectivity index (χ0n) is 40.7. The molecule has 2 aliphatic carbocycles. The van der Waals surface area contributed by atoms with Crippen LogP contribution in [-0.4, -0.2) is 35.9 Å². The van der Waals surface area contributed by atoms with Gasteiger partial charge in [0.2, 0.25) is 0 Å². The molecule has 2 N–H and O–H groups in total. The summed E-state index contributed by atoms with van der Waals surface area (Å²) in [4.78, 5) is 11.2. The summed E-state index contributed by atoms with van der Waals surface area (Å²) in [5, 5.41) is 26.6. The van der Waals surface area contributed by atoms with Crippen molar-refractivity contribution in [1.29, 1.82) is 0 Å². The molecule has 2 aliphatic rings. The number of alkyl halides is 4. The molecule has 2 saturated carbocycles. The largest absolute Gasteiger partial charge is 1.00 e. The second-order valence-electron chi connectivity index (χ2n) is 16.0. The molecular formula is C49H57BBrF8K2O7-. The molecule has 7 nitrogen and oxygen atoms in total. The molecule has 0 atom stereocenters. The number of hydrogen-bond acceptors (Lipinski definition) is 7. The molecular weight excluding hydrogens is 1020 g/mol. The van der Waals surface area contributed by atoms with Crippen LogP contribution in [0.1, 0.15) is 117 Å². The van der Waals surface area contributed by atoms with Gasteiger partial charge in [0.15, 0.2) is 0 Å². The number of benzene rings is 4. The van der Waals surface area contributed by atoms with Crippen LogP contribution in [0.2, 0.25) is 0 Å². The SMILES string of the molecule is CCCC1CCC(c2ccc(-c3ccc(OC(F)(F)C=C(F)F)cc3)cc2)CC1.CCCC1CCC(c2ccc(B(O)O)cc2)CC1.FC(F)=CC(F)(F)Oc1ccc(Br)cc1.O=CO[O-].[3H-].[H-].[K+].[K+]. The molecule has 0 spiro atoms. The first-order valence-electron chi connectivity index (χ1n) is 21.7. The summed E-state index contributed by atoms with van der Waals surface area (Å²) in [6, 6.07) is 27.5. The molecule has 0 aromatic heterocycles. The van der Waals surface area contributed by atoms with Crippen molar-refractivity contribution in [1.82, 2.24) is 0 Å². The van der Waals surface area contributed by atoms with Gasteiger partial charge in [-0.05, 0) is 139 Å². The van der Waals surface area contributed by atoms with Gasteiger partial charge in [-0.15, -0.1) is 0 Å². The van der Waals surface area contributed by atoms with Crippen LogP contribution >= 0.6 is 15.9 Å². The topological polar surface area (TPSA) is 108 Å². The fourth-order valence-corrected chi connectivity index (χ4v) is 8.38. The minimum absolute atomic E-state index is 0. The smallest absolute Gasteiger partial charge is 1.00 e. The van der Waals surface area contributed by atoms with Crippen LogP contribution in [0.25, 0.3) is 11.1 Å². The Bertz CT molecular complexity index is 2060. The zero-order valence-corrected chi connectivity index (χ0v) is 46.5. The third-order valence-electron chi connectivity index (χ3n) is 11.3. The van der Waals surface area contributed by atoms with E-state index in [1.807, 2.05) is 24.3 Å². The van der Waals surface area contributed by atoms with Gasteiger partial charge in [-0.1, -0.05) is 116 Å². The molecule has 0 saturated heterocycles. The van der Waals surface area contributed by atoms with Gasteiger partial charge in [0.05, 0.1) is 12.2 Å². The Morgan fingerprint density at radius 1 is 0.647 bits per heavy atom. The second-order valence-corrected chi connectivity index (χ2v) is 17.0. The van der Waals surface area contributed by atoms with Crippen molar-refractivity contribution in [2.45, 2.75) is 115 Å². The van der Waals surface area contributed by atoms with Crippen molar-refractivity contribution >= 4 is 35.0 Å². The van der Waals surface area contributed by atoms with E-state index >= 15 is 0 Å². The van der Waals surface area contributed by atoms with E-state index in [4.69, 9.17) is 20.1 Å². The molecule has 0 bridgehead atoms. The summed E-state index contributed by atoms with van der Waals surface area (Å²) in [7, 11) is -1.35. The Morgan fingerprint density at radius 3 is 1.28 bits per heavy atom. The van der Waals surface area contributed by atoms with E-state index in [2.05, 4.69) is 68.4 Å². The van der Waals surface area contributed by atoms with Gasteiger partial charge >= 0.3 is 122 Å². The van der Waals surface area contributed by atoms with E-state index in [-0.39, 0.29) is 124 Å². The third kappa shape index (κ3) is 25.3. The summed E-state index contributed by atoms with van der Waals surface area (Å²) in [5.41, 5.74) is 5.11. The first kappa shape index (κ1) is 64.6. The molecule has 0 aliphatic heterocycles. The minimum Gasteiger partial charge on any atom is -1.00 e. The van der Waals surface area contributed by atoms with Crippen molar-refractivity contribution < 1.29 is 175 Å². The van der Waals surface area contributed by atoms with Crippen molar-refractivity contribution in [3.8, 4) is 22.6 Å². The Hall–Kier alpha value is -1.43. The van der Waals surface area contributed by atoms with Gasteiger partial charge in [-0.25, -0.2) is 0 Å². The van der Waals surface area contributed by atoms with E-state index in [0.717, 1.165) is 23.0 Å². The number of carbonyl (C=O) groups excluding carboxylic acids is 1. The van der Waals surface area contributed by atoms with Crippen molar-refractivity contribution in [2.24, 2.45) is 11.8 Å². The maximum absolute atomic E-state index is 13.3. The van der Waals surface area contributed by atoms with Gasteiger partial charge < -0.3 is 32.5 Å². The minimum atomic E-state index is -4.04. The molecule has 364 valence electrons. The van der Waals surface area contributed by atoms with Crippen LogP contribution < -0.4 is 123 Å². The molecule has 2 fully saturated rings. The van der Waals surface area contributed by atoms with Crippen molar-refractivity contribution in [3.05, 3.63) is 137 Å². The quantitative estimate of drug-likeness (QED) is 0.0418. The molecule has 0 heterocycles. The summed E-state index contributed by atoms with van der Waals surface area (Å²) in [6.07, 6.45) is 1.53. The molecule has 4 aromatic carbocycles. The maximum atomic E-state index is 13.3.